The Labute approximate surface area is 182 Å². The maximum atomic E-state index is 14.1. The smallest absolute Gasteiger partial charge is 0.227 e. The van der Waals surface area contributed by atoms with E-state index in [1.807, 2.05) is 17.2 Å². The lowest BCUT2D eigenvalue weighted by molar-refractivity contribution is 0.122. The van der Waals surface area contributed by atoms with Gasteiger partial charge in [-0.25, -0.2) is 9.37 Å². The topological polar surface area (TPSA) is 73.8 Å². The quantitative estimate of drug-likeness (QED) is 0.734. The molecule has 2 N–H and O–H groups in total. The molecule has 8 heteroatoms. The van der Waals surface area contributed by atoms with Gasteiger partial charge >= 0.3 is 0 Å². The molecule has 0 bridgehead atoms. The first-order valence-corrected chi connectivity index (χ1v) is 11.2. The second-order valence-electron chi connectivity index (χ2n) is 9.24. The second-order valence-corrected chi connectivity index (χ2v) is 9.24. The Balaban J connectivity index is 1.46. The Hall–Kier alpha value is -2.45. The van der Waals surface area contributed by atoms with E-state index in [0.29, 0.717) is 31.6 Å². The van der Waals surface area contributed by atoms with E-state index in [4.69, 9.17) is 9.72 Å². The third-order valence-electron chi connectivity index (χ3n) is 6.55. The maximum absolute atomic E-state index is 14.1. The molecule has 31 heavy (non-hydrogen) atoms. The van der Waals surface area contributed by atoms with Crippen LogP contribution >= 0.6 is 0 Å². The third-order valence-corrected chi connectivity index (χ3v) is 6.55. The number of rotatable bonds is 6. The largest absolute Gasteiger partial charge is 0.378 e. The van der Waals surface area contributed by atoms with Crippen LogP contribution in [0.4, 0.5) is 21.8 Å². The van der Waals surface area contributed by atoms with Crippen molar-refractivity contribution in [3.63, 3.8) is 0 Å². The van der Waals surface area contributed by atoms with Gasteiger partial charge in [0.15, 0.2) is 0 Å². The highest BCUT2D eigenvalue weighted by Gasteiger charge is 2.58. The van der Waals surface area contributed by atoms with Crippen LogP contribution in [-0.2, 0) is 16.7 Å². The van der Waals surface area contributed by atoms with Crippen LogP contribution in [0.5, 0.6) is 0 Å². The average molecular weight is 428 g/mol. The van der Waals surface area contributed by atoms with Crippen LogP contribution in [-0.4, -0.2) is 54.2 Å². The summed E-state index contributed by atoms with van der Waals surface area (Å²) < 4.78 is 19.5. The summed E-state index contributed by atoms with van der Waals surface area (Å²) in [6, 6.07) is 4.86. The summed E-state index contributed by atoms with van der Waals surface area (Å²) in [4.78, 5) is 13.5. The molecular formula is C23H30FN5O2. The molecule has 1 spiro atoms. The van der Waals surface area contributed by atoms with Crippen LogP contribution in [0.3, 0.4) is 0 Å². The molecule has 1 aromatic carbocycles. The number of hydrogen-bond acceptors (Lipinski definition) is 7. The number of hydrogen-bond donors (Lipinski definition) is 2. The van der Waals surface area contributed by atoms with Gasteiger partial charge in [0.2, 0.25) is 5.95 Å². The molecule has 1 aliphatic carbocycles. The van der Waals surface area contributed by atoms with Gasteiger partial charge in [0, 0.05) is 42.5 Å². The van der Waals surface area contributed by atoms with Crippen molar-refractivity contribution in [1.29, 1.82) is 0 Å². The van der Waals surface area contributed by atoms with E-state index in [2.05, 4.69) is 29.0 Å². The number of morpholine rings is 1. The Morgan fingerprint density at radius 1 is 1.29 bits per heavy atom. The lowest BCUT2D eigenvalue weighted by Gasteiger charge is -2.29. The number of benzene rings is 1. The van der Waals surface area contributed by atoms with E-state index < -0.39 is 6.23 Å². The number of fused-ring (bicyclic) bond motifs is 2. The molecule has 5 rings (SSSR count). The minimum Gasteiger partial charge on any atom is -0.378 e. The first kappa shape index (κ1) is 20.5. The summed E-state index contributed by atoms with van der Waals surface area (Å²) in [5.74, 6) is 1.62. The molecule has 1 saturated heterocycles. The van der Waals surface area contributed by atoms with Crippen molar-refractivity contribution < 1.29 is 14.2 Å². The molecule has 2 aromatic rings. The average Bonchev–Trinajstić information content (AvgIpc) is 3.54. The minimum atomic E-state index is -0.666. The normalized spacial score (nSPS) is 21.6. The van der Waals surface area contributed by atoms with Crippen LogP contribution in [0.25, 0.3) is 0 Å². The van der Waals surface area contributed by atoms with Gasteiger partial charge < -0.3 is 25.0 Å². The number of aromatic nitrogens is 2. The standard InChI is InChI=1S/C23H30FN5O2/c1-15(2)12-25-20-16(13-26-22(27-20)28-7-9-31-10-8-28)14-29-19-11-17(24)3-4-18(19)23(5-6-23)21(29)30/h3-4,11,13,15,21,30H,5-10,12,14H2,1-2H3,(H,25,26,27). The lowest BCUT2D eigenvalue weighted by Crippen LogP contribution is -2.38. The fourth-order valence-corrected chi connectivity index (χ4v) is 4.63. The van der Waals surface area contributed by atoms with Gasteiger partial charge in [-0.2, -0.15) is 4.98 Å². The molecule has 2 fully saturated rings. The zero-order chi connectivity index (χ0) is 21.6. The van der Waals surface area contributed by atoms with Crippen molar-refractivity contribution in [3.05, 3.63) is 41.3 Å². The van der Waals surface area contributed by atoms with Gasteiger partial charge in [-0.05, 0) is 36.5 Å². The maximum Gasteiger partial charge on any atom is 0.227 e. The van der Waals surface area contributed by atoms with E-state index in [0.717, 1.165) is 55.1 Å². The van der Waals surface area contributed by atoms with Crippen molar-refractivity contribution in [2.24, 2.45) is 5.92 Å². The predicted molar refractivity (Wildman–Crippen MR) is 118 cm³/mol. The van der Waals surface area contributed by atoms with Gasteiger partial charge in [0.25, 0.3) is 0 Å². The van der Waals surface area contributed by atoms with Gasteiger partial charge in [-0.3, -0.25) is 0 Å². The molecule has 166 valence electrons. The number of ether oxygens (including phenoxy) is 1. The summed E-state index contributed by atoms with van der Waals surface area (Å²) in [6.45, 7) is 8.38. The first-order chi connectivity index (χ1) is 15.0. The molecule has 0 amide bonds. The summed E-state index contributed by atoms with van der Waals surface area (Å²) in [5.41, 5.74) is 2.45. The molecular weight excluding hydrogens is 397 g/mol. The highest BCUT2D eigenvalue weighted by atomic mass is 19.1. The number of anilines is 3. The van der Waals surface area contributed by atoms with Crippen molar-refractivity contribution >= 4 is 17.5 Å². The molecule has 2 aliphatic heterocycles. The van der Waals surface area contributed by atoms with Gasteiger partial charge in [-0.15, -0.1) is 0 Å². The molecule has 1 saturated carbocycles. The predicted octanol–water partition coefficient (Wildman–Crippen LogP) is 2.89. The minimum absolute atomic E-state index is 0.261. The second kappa shape index (κ2) is 7.91. The highest BCUT2D eigenvalue weighted by Crippen LogP contribution is 2.59. The van der Waals surface area contributed by atoms with Crippen LogP contribution in [0.15, 0.2) is 24.4 Å². The van der Waals surface area contributed by atoms with Gasteiger partial charge in [-0.1, -0.05) is 19.9 Å². The third kappa shape index (κ3) is 3.72. The van der Waals surface area contributed by atoms with E-state index in [-0.39, 0.29) is 11.2 Å². The van der Waals surface area contributed by atoms with E-state index in [1.165, 1.54) is 12.1 Å². The molecule has 0 radical (unpaired) electrons. The number of halogens is 1. The first-order valence-electron chi connectivity index (χ1n) is 11.2. The Kier molecular flexibility index (Phi) is 5.22. The van der Waals surface area contributed by atoms with Gasteiger partial charge in [0.1, 0.15) is 17.9 Å². The highest BCUT2D eigenvalue weighted by molar-refractivity contribution is 5.67. The molecule has 1 unspecified atom stereocenters. The number of aliphatic hydroxyl groups is 1. The van der Waals surface area contributed by atoms with Gasteiger partial charge in [0.05, 0.1) is 19.8 Å². The molecule has 1 atom stereocenters. The summed E-state index contributed by atoms with van der Waals surface area (Å²) in [5, 5.41) is 14.6. The zero-order valence-corrected chi connectivity index (χ0v) is 18.1. The van der Waals surface area contributed by atoms with Crippen molar-refractivity contribution in [3.8, 4) is 0 Å². The summed E-state index contributed by atoms with van der Waals surface area (Å²) in [7, 11) is 0. The van der Waals surface area contributed by atoms with E-state index in [9.17, 15) is 9.50 Å². The van der Waals surface area contributed by atoms with Crippen molar-refractivity contribution in [2.75, 3.05) is 48.0 Å². The molecule has 3 heterocycles. The van der Waals surface area contributed by atoms with Crippen LogP contribution in [0.1, 0.15) is 37.8 Å². The Bertz CT molecular complexity index is 959. The number of nitrogens with zero attached hydrogens (tertiary/aromatic N) is 4. The summed E-state index contributed by atoms with van der Waals surface area (Å²) in [6.07, 6.45) is 3.02. The van der Waals surface area contributed by atoms with E-state index in [1.54, 1.807) is 0 Å². The van der Waals surface area contributed by atoms with Crippen molar-refractivity contribution in [1.82, 2.24) is 9.97 Å². The van der Waals surface area contributed by atoms with Crippen LogP contribution < -0.4 is 15.1 Å². The molecule has 7 nitrogen and oxygen atoms in total. The number of aliphatic hydroxyl groups excluding tert-OH is 1. The molecule has 1 aromatic heterocycles. The zero-order valence-electron chi connectivity index (χ0n) is 18.1. The Morgan fingerprint density at radius 3 is 2.77 bits per heavy atom. The SMILES string of the molecule is CC(C)CNc1nc(N2CCOCC2)ncc1CN1c2cc(F)ccc2C2(CC2)C1O. The fraction of sp³-hybridized carbons (Fsp3) is 0.565. The molecule has 3 aliphatic rings. The van der Waals surface area contributed by atoms with Crippen molar-refractivity contribution in [2.45, 2.75) is 44.9 Å². The lowest BCUT2D eigenvalue weighted by atomic mass is 9.97. The van der Waals surface area contributed by atoms with Crippen LogP contribution in [0.2, 0.25) is 0 Å². The summed E-state index contributed by atoms with van der Waals surface area (Å²) >= 11 is 0. The van der Waals surface area contributed by atoms with Crippen LogP contribution in [0, 0.1) is 11.7 Å². The number of nitrogens with one attached hydrogen (secondary N) is 1. The fourth-order valence-electron chi connectivity index (χ4n) is 4.63. The Morgan fingerprint density at radius 2 is 2.06 bits per heavy atom. The monoisotopic (exact) mass is 427 g/mol. The van der Waals surface area contributed by atoms with E-state index >= 15 is 0 Å².